The minimum atomic E-state index is 0.507. The molecule has 116 valence electrons. The number of hydrogen-bond donors (Lipinski definition) is 2. The van der Waals surface area contributed by atoms with Crippen molar-refractivity contribution < 1.29 is 0 Å². The summed E-state index contributed by atoms with van der Waals surface area (Å²) in [6, 6.07) is 15.4. The van der Waals surface area contributed by atoms with Crippen molar-refractivity contribution >= 4 is 50.7 Å². The summed E-state index contributed by atoms with van der Waals surface area (Å²) in [6.45, 7) is 1.95. The highest BCUT2D eigenvalue weighted by Crippen LogP contribution is 2.27. The van der Waals surface area contributed by atoms with Crippen molar-refractivity contribution in [1.29, 1.82) is 0 Å². The van der Waals surface area contributed by atoms with Gasteiger partial charge in [-0.25, -0.2) is 4.98 Å². The average Bonchev–Trinajstić information content (AvgIpc) is 2.55. The van der Waals surface area contributed by atoms with E-state index in [1.165, 1.54) is 0 Å². The third kappa shape index (κ3) is 3.81. The SMILES string of the molecule is Cc1c(Cl)cccc1Nc1nccc(Nc2ccccc2Br)n1. The molecule has 6 heteroatoms. The molecular formula is C17H14BrClN4. The number of halogens is 2. The Hall–Kier alpha value is -2.11. The standard InChI is InChI=1S/C17H14BrClN4/c1-11-13(19)6-4-8-14(11)22-17-20-10-9-16(23-17)21-15-7-3-2-5-12(15)18/h2-10H,1H3,(H2,20,21,22,23). The van der Waals surface area contributed by atoms with Crippen molar-refractivity contribution in [2.24, 2.45) is 0 Å². The fourth-order valence-electron chi connectivity index (χ4n) is 2.05. The van der Waals surface area contributed by atoms with E-state index in [9.17, 15) is 0 Å². The van der Waals surface area contributed by atoms with Crippen molar-refractivity contribution in [2.45, 2.75) is 6.92 Å². The van der Waals surface area contributed by atoms with Gasteiger partial charge in [0, 0.05) is 21.4 Å². The van der Waals surface area contributed by atoms with E-state index in [1.807, 2.05) is 55.5 Å². The van der Waals surface area contributed by atoms with E-state index in [4.69, 9.17) is 11.6 Å². The minimum absolute atomic E-state index is 0.507. The predicted octanol–water partition coefficient (Wildman–Crippen LogP) is 5.69. The largest absolute Gasteiger partial charge is 0.339 e. The van der Waals surface area contributed by atoms with Gasteiger partial charge in [-0.1, -0.05) is 29.8 Å². The summed E-state index contributed by atoms with van der Waals surface area (Å²) in [5.74, 6) is 1.21. The van der Waals surface area contributed by atoms with Gasteiger partial charge in [0.05, 0.1) is 5.69 Å². The van der Waals surface area contributed by atoms with Crippen LogP contribution in [0.2, 0.25) is 5.02 Å². The molecule has 3 aromatic rings. The minimum Gasteiger partial charge on any atom is -0.339 e. The lowest BCUT2D eigenvalue weighted by Crippen LogP contribution is -2.01. The van der Waals surface area contributed by atoms with Gasteiger partial charge >= 0.3 is 0 Å². The van der Waals surface area contributed by atoms with E-state index in [-0.39, 0.29) is 0 Å². The van der Waals surface area contributed by atoms with Gasteiger partial charge in [-0.3, -0.25) is 0 Å². The van der Waals surface area contributed by atoms with Gasteiger partial charge in [0.2, 0.25) is 5.95 Å². The molecule has 0 spiro atoms. The summed E-state index contributed by atoms with van der Waals surface area (Å²) in [5, 5.41) is 7.16. The maximum absolute atomic E-state index is 6.14. The Kier molecular flexibility index (Phi) is 4.79. The summed E-state index contributed by atoms with van der Waals surface area (Å²) in [4.78, 5) is 8.73. The maximum Gasteiger partial charge on any atom is 0.229 e. The molecule has 0 aliphatic carbocycles. The van der Waals surface area contributed by atoms with Gasteiger partial charge in [-0.2, -0.15) is 4.98 Å². The van der Waals surface area contributed by atoms with E-state index in [0.29, 0.717) is 16.8 Å². The Labute approximate surface area is 148 Å². The van der Waals surface area contributed by atoms with E-state index in [1.54, 1.807) is 6.20 Å². The fraction of sp³-hybridized carbons (Fsp3) is 0.0588. The number of para-hydroxylation sites is 1. The second-order valence-electron chi connectivity index (χ2n) is 4.91. The molecular weight excluding hydrogens is 376 g/mol. The van der Waals surface area contributed by atoms with E-state index in [2.05, 4.69) is 36.5 Å². The second kappa shape index (κ2) is 6.98. The molecule has 0 radical (unpaired) electrons. The molecule has 3 rings (SSSR count). The first-order valence-corrected chi connectivity index (χ1v) is 8.17. The number of nitrogens with one attached hydrogen (secondary N) is 2. The quantitative estimate of drug-likeness (QED) is 0.602. The third-order valence-corrected chi connectivity index (χ3v) is 4.41. The lowest BCUT2D eigenvalue weighted by Gasteiger charge is -2.11. The summed E-state index contributed by atoms with van der Waals surface area (Å²) in [5.41, 5.74) is 2.79. The zero-order valence-corrected chi connectivity index (χ0v) is 14.7. The molecule has 0 atom stereocenters. The average molecular weight is 390 g/mol. The number of benzene rings is 2. The first-order chi connectivity index (χ1) is 11.1. The normalized spacial score (nSPS) is 10.4. The molecule has 0 bridgehead atoms. The molecule has 0 fully saturated rings. The summed E-state index contributed by atoms with van der Waals surface area (Å²) < 4.78 is 0.971. The Balaban J connectivity index is 1.83. The molecule has 0 amide bonds. The molecule has 0 saturated heterocycles. The van der Waals surface area contributed by atoms with Gasteiger partial charge in [0.1, 0.15) is 5.82 Å². The Bertz CT molecular complexity index is 838. The van der Waals surface area contributed by atoms with Crippen LogP contribution in [0.15, 0.2) is 59.2 Å². The van der Waals surface area contributed by atoms with Crippen LogP contribution in [-0.2, 0) is 0 Å². The summed E-state index contributed by atoms with van der Waals surface area (Å²) in [6.07, 6.45) is 1.70. The van der Waals surface area contributed by atoms with Crippen LogP contribution in [0.25, 0.3) is 0 Å². The topological polar surface area (TPSA) is 49.8 Å². The van der Waals surface area contributed by atoms with Gasteiger partial charge < -0.3 is 10.6 Å². The second-order valence-corrected chi connectivity index (χ2v) is 6.17. The van der Waals surface area contributed by atoms with Crippen LogP contribution in [0.1, 0.15) is 5.56 Å². The number of aromatic nitrogens is 2. The van der Waals surface area contributed by atoms with Crippen LogP contribution in [-0.4, -0.2) is 9.97 Å². The summed E-state index contributed by atoms with van der Waals surface area (Å²) >= 11 is 9.65. The van der Waals surface area contributed by atoms with Crippen molar-refractivity contribution in [3.63, 3.8) is 0 Å². The molecule has 1 aromatic heterocycles. The zero-order chi connectivity index (χ0) is 16.2. The van der Waals surface area contributed by atoms with Crippen LogP contribution >= 0.6 is 27.5 Å². The van der Waals surface area contributed by atoms with Crippen molar-refractivity contribution in [3.8, 4) is 0 Å². The zero-order valence-electron chi connectivity index (χ0n) is 12.3. The summed E-state index contributed by atoms with van der Waals surface area (Å²) in [7, 11) is 0. The predicted molar refractivity (Wildman–Crippen MR) is 98.9 cm³/mol. The van der Waals surface area contributed by atoms with Gasteiger partial charge in [0.25, 0.3) is 0 Å². The molecule has 0 saturated carbocycles. The first kappa shape index (κ1) is 15.8. The lowest BCUT2D eigenvalue weighted by atomic mass is 10.2. The van der Waals surface area contributed by atoms with Gasteiger partial charge in [-0.15, -0.1) is 0 Å². The number of anilines is 4. The van der Waals surface area contributed by atoms with Crippen molar-refractivity contribution in [3.05, 3.63) is 69.8 Å². The van der Waals surface area contributed by atoms with Crippen LogP contribution in [0.4, 0.5) is 23.1 Å². The van der Waals surface area contributed by atoms with Crippen molar-refractivity contribution in [2.75, 3.05) is 10.6 Å². The first-order valence-electron chi connectivity index (χ1n) is 7.00. The molecule has 0 unspecified atom stereocenters. The highest BCUT2D eigenvalue weighted by molar-refractivity contribution is 9.10. The Morgan fingerprint density at radius 3 is 2.57 bits per heavy atom. The Morgan fingerprint density at radius 1 is 0.957 bits per heavy atom. The van der Waals surface area contributed by atoms with Gasteiger partial charge in [0.15, 0.2) is 0 Å². The Morgan fingerprint density at radius 2 is 1.74 bits per heavy atom. The van der Waals surface area contributed by atoms with Crippen LogP contribution in [0, 0.1) is 6.92 Å². The highest BCUT2D eigenvalue weighted by atomic mass is 79.9. The van der Waals surface area contributed by atoms with E-state index >= 15 is 0 Å². The molecule has 2 N–H and O–H groups in total. The lowest BCUT2D eigenvalue weighted by molar-refractivity contribution is 1.16. The van der Waals surface area contributed by atoms with E-state index in [0.717, 1.165) is 21.4 Å². The molecule has 0 aliphatic heterocycles. The maximum atomic E-state index is 6.14. The smallest absolute Gasteiger partial charge is 0.229 e. The monoisotopic (exact) mass is 388 g/mol. The van der Waals surface area contributed by atoms with Crippen LogP contribution in [0.3, 0.4) is 0 Å². The van der Waals surface area contributed by atoms with Crippen molar-refractivity contribution in [1.82, 2.24) is 9.97 Å². The third-order valence-electron chi connectivity index (χ3n) is 3.31. The van der Waals surface area contributed by atoms with E-state index < -0.39 is 0 Å². The van der Waals surface area contributed by atoms with Crippen LogP contribution in [0.5, 0.6) is 0 Å². The molecule has 2 aromatic carbocycles. The molecule has 1 heterocycles. The molecule has 4 nitrogen and oxygen atoms in total. The number of hydrogen-bond acceptors (Lipinski definition) is 4. The molecule has 0 aliphatic rings. The highest BCUT2D eigenvalue weighted by Gasteiger charge is 2.06. The van der Waals surface area contributed by atoms with Crippen LogP contribution < -0.4 is 10.6 Å². The number of rotatable bonds is 4. The fourth-order valence-corrected chi connectivity index (χ4v) is 2.61. The molecule has 23 heavy (non-hydrogen) atoms. The van der Waals surface area contributed by atoms with Gasteiger partial charge in [-0.05, 0) is 58.7 Å². The number of nitrogens with zero attached hydrogens (tertiary/aromatic N) is 2.